The SMILES string of the molecule is CNC(=O)N1N=C(c2ccc(N(C)c3nccn3C)cc2)c2cc(OC)c(OC)cc2C[C@@H]1C. The molecule has 1 aliphatic rings. The summed E-state index contributed by atoms with van der Waals surface area (Å²) in [7, 11) is 8.77. The summed E-state index contributed by atoms with van der Waals surface area (Å²) in [4.78, 5) is 19.1. The van der Waals surface area contributed by atoms with E-state index in [1.165, 1.54) is 5.01 Å². The van der Waals surface area contributed by atoms with Crippen molar-refractivity contribution in [1.29, 1.82) is 0 Å². The average Bonchev–Trinajstić information content (AvgIpc) is 3.23. The van der Waals surface area contributed by atoms with E-state index < -0.39 is 0 Å². The first-order chi connectivity index (χ1) is 16.4. The van der Waals surface area contributed by atoms with Gasteiger partial charge in [0, 0.05) is 50.4 Å². The fourth-order valence-corrected chi connectivity index (χ4v) is 4.19. The third-order valence-electron chi connectivity index (χ3n) is 6.05. The van der Waals surface area contributed by atoms with Crippen molar-refractivity contribution in [2.24, 2.45) is 12.1 Å². The second-order valence-corrected chi connectivity index (χ2v) is 8.21. The van der Waals surface area contributed by atoms with E-state index in [9.17, 15) is 4.79 Å². The summed E-state index contributed by atoms with van der Waals surface area (Å²) in [6.45, 7) is 1.98. The summed E-state index contributed by atoms with van der Waals surface area (Å²) in [6, 6.07) is 11.5. The molecule has 3 aromatic rings. The molecule has 1 N–H and O–H groups in total. The van der Waals surface area contributed by atoms with Crippen LogP contribution in [0.15, 0.2) is 53.9 Å². The lowest BCUT2D eigenvalue weighted by Crippen LogP contribution is -2.41. The molecule has 0 saturated heterocycles. The van der Waals surface area contributed by atoms with Crippen molar-refractivity contribution in [3.8, 4) is 11.5 Å². The maximum absolute atomic E-state index is 12.7. The van der Waals surface area contributed by atoms with Crippen molar-refractivity contribution in [2.75, 3.05) is 33.2 Å². The van der Waals surface area contributed by atoms with Crippen LogP contribution in [0.1, 0.15) is 23.6 Å². The fourth-order valence-electron chi connectivity index (χ4n) is 4.19. The molecule has 0 fully saturated rings. The monoisotopic (exact) mass is 462 g/mol. The van der Waals surface area contributed by atoms with Crippen LogP contribution in [0.25, 0.3) is 0 Å². The normalized spacial score (nSPS) is 15.2. The molecular formula is C25H30N6O3. The Hall–Kier alpha value is -4.01. The molecular weight excluding hydrogens is 432 g/mol. The third-order valence-corrected chi connectivity index (χ3v) is 6.05. The molecule has 0 saturated carbocycles. The van der Waals surface area contributed by atoms with Crippen molar-refractivity contribution in [3.05, 3.63) is 65.5 Å². The second kappa shape index (κ2) is 9.46. The molecule has 4 rings (SSSR count). The third kappa shape index (κ3) is 4.16. The minimum atomic E-state index is -0.261. The van der Waals surface area contributed by atoms with Crippen LogP contribution in [0.5, 0.6) is 11.5 Å². The standard InChI is InChI=1S/C25H30N6O3/c1-16-13-18-14-21(33-5)22(34-6)15-20(18)23(28-31(16)25(32)26-2)17-7-9-19(10-8-17)30(4)24-27-11-12-29(24)3/h7-12,14-16H,13H2,1-6H3,(H,26,32)/t16-/m0/s1. The van der Waals surface area contributed by atoms with Crippen LogP contribution in [-0.2, 0) is 13.5 Å². The van der Waals surface area contributed by atoms with Gasteiger partial charge in [0.2, 0.25) is 5.95 Å². The zero-order chi connectivity index (χ0) is 24.4. The Kier molecular flexibility index (Phi) is 6.45. The van der Waals surface area contributed by atoms with Crippen LogP contribution < -0.4 is 19.7 Å². The summed E-state index contributed by atoms with van der Waals surface area (Å²) in [5, 5.41) is 9.02. The van der Waals surface area contributed by atoms with Crippen LogP contribution in [0.2, 0.25) is 0 Å². The van der Waals surface area contributed by atoms with Crippen molar-refractivity contribution >= 4 is 23.4 Å². The molecule has 2 amide bonds. The first-order valence-electron chi connectivity index (χ1n) is 11.0. The lowest BCUT2D eigenvalue weighted by Gasteiger charge is -2.22. The molecule has 1 aliphatic heterocycles. The van der Waals surface area contributed by atoms with Gasteiger partial charge in [-0.05, 0) is 43.2 Å². The number of fused-ring (bicyclic) bond motifs is 1. The number of carbonyl (C=O) groups excluding carboxylic acids is 1. The number of carbonyl (C=O) groups is 1. The quantitative estimate of drug-likeness (QED) is 0.627. The maximum Gasteiger partial charge on any atom is 0.337 e. The molecule has 2 heterocycles. The summed E-state index contributed by atoms with van der Waals surface area (Å²) in [5.74, 6) is 2.09. The molecule has 0 bridgehead atoms. The molecule has 0 aliphatic carbocycles. The summed E-state index contributed by atoms with van der Waals surface area (Å²) < 4.78 is 13.1. The van der Waals surface area contributed by atoms with Crippen LogP contribution in [0.3, 0.4) is 0 Å². The van der Waals surface area contributed by atoms with E-state index in [0.29, 0.717) is 23.6 Å². The Bertz CT molecular complexity index is 1220. The lowest BCUT2D eigenvalue weighted by atomic mass is 9.94. The van der Waals surface area contributed by atoms with Crippen LogP contribution >= 0.6 is 0 Å². The number of nitrogens with zero attached hydrogens (tertiary/aromatic N) is 5. The van der Waals surface area contributed by atoms with Gasteiger partial charge in [-0.25, -0.2) is 14.8 Å². The molecule has 178 valence electrons. The number of rotatable bonds is 5. The molecule has 0 spiro atoms. The number of anilines is 2. The molecule has 0 radical (unpaired) electrons. The van der Waals surface area contributed by atoms with E-state index in [2.05, 4.69) is 10.3 Å². The highest BCUT2D eigenvalue weighted by atomic mass is 16.5. The van der Waals surface area contributed by atoms with E-state index in [1.807, 2.05) is 73.1 Å². The summed E-state index contributed by atoms with van der Waals surface area (Å²) in [6.07, 6.45) is 4.30. The number of imidazole rings is 1. The van der Waals surface area contributed by atoms with Gasteiger partial charge in [0.1, 0.15) is 0 Å². The van der Waals surface area contributed by atoms with Gasteiger partial charge in [-0.3, -0.25) is 0 Å². The zero-order valence-corrected chi connectivity index (χ0v) is 20.4. The minimum absolute atomic E-state index is 0.150. The van der Waals surface area contributed by atoms with Crippen LogP contribution in [0, 0.1) is 0 Å². The van der Waals surface area contributed by atoms with Crippen molar-refractivity contribution < 1.29 is 14.3 Å². The Morgan fingerprint density at radius 3 is 2.41 bits per heavy atom. The molecule has 0 unspecified atom stereocenters. The van der Waals surface area contributed by atoms with Crippen molar-refractivity contribution in [2.45, 2.75) is 19.4 Å². The number of amides is 2. The van der Waals surface area contributed by atoms with E-state index in [-0.39, 0.29) is 12.1 Å². The van der Waals surface area contributed by atoms with E-state index >= 15 is 0 Å². The Morgan fingerprint density at radius 1 is 1.15 bits per heavy atom. The first-order valence-corrected chi connectivity index (χ1v) is 11.0. The summed E-state index contributed by atoms with van der Waals surface area (Å²) >= 11 is 0. The van der Waals surface area contributed by atoms with E-state index in [1.54, 1.807) is 27.5 Å². The highest BCUT2D eigenvalue weighted by molar-refractivity contribution is 6.14. The highest BCUT2D eigenvalue weighted by Gasteiger charge is 2.28. The van der Waals surface area contributed by atoms with Gasteiger partial charge in [0.25, 0.3) is 0 Å². The predicted octanol–water partition coefficient (Wildman–Crippen LogP) is 3.54. The van der Waals surface area contributed by atoms with Crippen molar-refractivity contribution in [1.82, 2.24) is 19.9 Å². The Balaban J connectivity index is 1.82. The Morgan fingerprint density at radius 2 is 1.82 bits per heavy atom. The number of aryl methyl sites for hydroxylation is 1. The number of ether oxygens (including phenoxy) is 2. The number of aromatic nitrogens is 2. The number of nitrogens with one attached hydrogen (secondary N) is 1. The van der Waals surface area contributed by atoms with Gasteiger partial charge in [-0.2, -0.15) is 5.10 Å². The zero-order valence-electron chi connectivity index (χ0n) is 20.4. The number of urea groups is 1. The first kappa shape index (κ1) is 23.2. The number of hydrogen-bond acceptors (Lipinski definition) is 6. The number of methoxy groups -OCH3 is 2. The molecule has 9 nitrogen and oxygen atoms in total. The van der Waals surface area contributed by atoms with Gasteiger partial charge >= 0.3 is 6.03 Å². The molecule has 2 aromatic carbocycles. The van der Waals surface area contributed by atoms with Gasteiger partial charge in [-0.15, -0.1) is 0 Å². The Labute approximate surface area is 199 Å². The topological polar surface area (TPSA) is 84.2 Å². The van der Waals surface area contributed by atoms with E-state index in [4.69, 9.17) is 14.6 Å². The largest absolute Gasteiger partial charge is 0.493 e. The number of hydrogen-bond donors (Lipinski definition) is 1. The molecule has 1 atom stereocenters. The number of hydrazone groups is 1. The second-order valence-electron chi connectivity index (χ2n) is 8.21. The van der Waals surface area contributed by atoms with Crippen LogP contribution in [0.4, 0.5) is 16.4 Å². The lowest BCUT2D eigenvalue weighted by molar-refractivity contribution is 0.184. The predicted molar refractivity (Wildman–Crippen MR) is 132 cm³/mol. The number of benzene rings is 2. The van der Waals surface area contributed by atoms with Crippen molar-refractivity contribution in [3.63, 3.8) is 0 Å². The van der Waals surface area contributed by atoms with Gasteiger partial charge in [0.15, 0.2) is 11.5 Å². The molecule has 34 heavy (non-hydrogen) atoms. The summed E-state index contributed by atoms with van der Waals surface area (Å²) in [5.41, 5.74) is 4.49. The van der Waals surface area contributed by atoms with Gasteiger partial charge in [0.05, 0.1) is 26.0 Å². The maximum atomic E-state index is 12.7. The van der Waals surface area contributed by atoms with Gasteiger partial charge < -0.3 is 24.3 Å². The van der Waals surface area contributed by atoms with E-state index in [0.717, 1.165) is 28.3 Å². The average molecular weight is 463 g/mol. The smallest absolute Gasteiger partial charge is 0.337 e. The molecule has 1 aromatic heterocycles. The molecule has 9 heteroatoms. The fraction of sp³-hybridized carbons (Fsp3) is 0.320. The highest BCUT2D eigenvalue weighted by Crippen LogP contribution is 2.35. The van der Waals surface area contributed by atoms with Crippen LogP contribution in [-0.4, -0.2) is 60.7 Å². The minimum Gasteiger partial charge on any atom is -0.493 e. The van der Waals surface area contributed by atoms with Gasteiger partial charge in [-0.1, -0.05) is 12.1 Å².